The molecule has 2 aromatic carbocycles. The fourth-order valence-electron chi connectivity index (χ4n) is 1.87. The predicted octanol–water partition coefficient (Wildman–Crippen LogP) is 3.97. The van der Waals surface area contributed by atoms with Crippen molar-refractivity contribution >= 4 is 5.97 Å². The molecule has 0 aromatic heterocycles. The highest BCUT2D eigenvalue weighted by atomic mass is 16.6. The molecule has 0 aliphatic heterocycles. The number of ether oxygens (including phenoxy) is 2. The van der Waals surface area contributed by atoms with Gasteiger partial charge in [0.25, 0.3) is 0 Å². The predicted molar refractivity (Wildman–Crippen MR) is 94.7 cm³/mol. The van der Waals surface area contributed by atoms with Crippen LogP contribution in [0.5, 0.6) is 5.75 Å². The van der Waals surface area contributed by atoms with E-state index in [-0.39, 0.29) is 12.7 Å². The van der Waals surface area contributed by atoms with Gasteiger partial charge in [-0.1, -0.05) is 36.6 Å². The lowest BCUT2D eigenvalue weighted by molar-refractivity contribution is -0.141. The Bertz CT molecular complexity index is 749. The van der Waals surface area contributed by atoms with E-state index in [2.05, 4.69) is 18.4 Å². The first-order chi connectivity index (χ1) is 11.5. The minimum Gasteiger partial charge on any atom is -0.487 e. The highest BCUT2D eigenvalue weighted by Gasteiger charge is 2.09. The lowest BCUT2D eigenvalue weighted by Gasteiger charge is -2.14. The molecule has 0 N–H and O–H groups in total. The van der Waals surface area contributed by atoms with Crippen LogP contribution in [0.1, 0.15) is 25.0 Å². The number of carbonyl (C=O) groups is 1. The van der Waals surface area contributed by atoms with Gasteiger partial charge in [0, 0.05) is 16.7 Å². The van der Waals surface area contributed by atoms with Gasteiger partial charge in [0.15, 0.2) is 0 Å². The second-order valence-electron chi connectivity index (χ2n) is 5.45. The first-order valence-corrected chi connectivity index (χ1v) is 7.71. The molecule has 0 aliphatic carbocycles. The Balaban J connectivity index is 1.89. The van der Waals surface area contributed by atoms with Crippen LogP contribution in [0.2, 0.25) is 0 Å². The average Bonchev–Trinajstić information content (AvgIpc) is 2.60. The van der Waals surface area contributed by atoms with Gasteiger partial charge < -0.3 is 9.47 Å². The Hall–Kier alpha value is -2.99. The smallest absolute Gasteiger partial charge is 0.333 e. The standard InChI is InChI=1S/C21H20O3/c1-16(2)21(22)23-15-17(3)24-20-13-11-19(12-14-20)10-9-18-7-5-4-6-8-18/h4-8,11-14,17H,1,15H2,2-3H3. The summed E-state index contributed by atoms with van der Waals surface area (Å²) in [4.78, 5) is 11.3. The van der Waals surface area contributed by atoms with E-state index in [1.54, 1.807) is 6.92 Å². The van der Waals surface area contributed by atoms with Gasteiger partial charge in [-0.3, -0.25) is 0 Å². The summed E-state index contributed by atoms with van der Waals surface area (Å²) in [6, 6.07) is 17.3. The molecule has 3 heteroatoms. The summed E-state index contributed by atoms with van der Waals surface area (Å²) in [5, 5.41) is 0. The van der Waals surface area contributed by atoms with Crippen molar-refractivity contribution in [2.24, 2.45) is 0 Å². The van der Waals surface area contributed by atoms with Crippen LogP contribution in [-0.2, 0) is 9.53 Å². The minimum atomic E-state index is -0.406. The zero-order chi connectivity index (χ0) is 17.4. The molecule has 0 saturated heterocycles. The zero-order valence-electron chi connectivity index (χ0n) is 13.9. The maximum Gasteiger partial charge on any atom is 0.333 e. The van der Waals surface area contributed by atoms with Crippen LogP contribution in [0.4, 0.5) is 0 Å². The number of hydrogen-bond acceptors (Lipinski definition) is 3. The van der Waals surface area contributed by atoms with Crippen LogP contribution < -0.4 is 4.74 Å². The number of carbonyl (C=O) groups excluding carboxylic acids is 1. The van der Waals surface area contributed by atoms with Crippen molar-refractivity contribution in [3.8, 4) is 17.6 Å². The molecule has 0 spiro atoms. The SMILES string of the molecule is C=C(C)C(=O)OCC(C)Oc1ccc(C#Cc2ccccc2)cc1. The molecule has 2 rings (SSSR count). The van der Waals surface area contributed by atoms with Gasteiger partial charge in [0.1, 0.15) is 18.5 Å². The largest absolute Gasteiger partial charge is 0.487 e. The highest BCUT2D eigenvalue weighted by molar-refractivity contribution is 5.86. The minimum absolute atomic E-state index is 0.182. The summed E-state index contributed by atoms with van der Waals surface area (Å²) < 4.78 is 10.8. The van der Waals surface area contributed by atoms with Crippen molar-refractivity contribution < 1.29 is 14.3 Å². The number of rotatable bonds is 5. The van der Waals surface area contributed by atoms with Gasteiger partial charge in [0.05, 0.1) is 0 Å². The Morgan fingerprint density at radius 2 is 1.62 bits per heavy atom. The van der Waals surface area contributed by atoms with Gasteiger partial charge >= 0.3 is 5.97 Å². The Morgan fingerprint density at radius 3 is 2.21 bits per heavy atom. The van der Waals surface area contributed by atoms with Gasteiger partial charge in [-0.2, -0.15) is 0 Å². The Kier molecular flexibility index (Phi) is 6.22. The maximum atomic E-state index is 11.3. The van der Waals surface area contributed by atoms with E-state index in [0.29, 0.717) is 11.3 Å². The van der Waals surface area contributed by atoms with E-state index in [1.807, 2.05) is 61.5 Å². The molecule has 0 bridgehead atoms. The van der Waals surface area contributed by atoms with Crippen molar-refractivity contribution in [2.45, 2.75) is 20.0 Å². The van der Waals surface area contributed by atoms with Crippen LogP contribution in [-0.4, -0.2) is 18.7 Å². The quantitative estimate of drug-likeness (QED) is 0.475. The summed E-state index contributed by atoms with van der Waals surface area (Å²) in [7, 11) is 0. The van der Waals surface area contributed by atoms with Crippen molar-refractivity contribution in [3.63, 3.8) is 0 Å². The maximum absolute atomic E-state index is 11.3. The van der Waals surface area contributed by atoms with Crippen molar-refractivity contribution in [3.05, 3.63) is 77.9 Å². The van der Waals surface area contributed by atoms with Gasteiger partial charge in [-0.25, -0.2) is 4.79 Å². The van der Waals surface area contributed by atoms with Crippen LogP contribution in [0.3, 0.4) is 0 Å². The summed E-state index contributed by atoms with van der Waals surface area (Å²) in [6.45, 7) is 7.18. The van der Waals surface area contributed by atoms with Crippen LogP contribution >= 0.6 is 0 Å². The second kappa shape index (κ2) is 8.59. The zero-order valence-corrected chi connectivity index (χ0v) is 13.9. The second-order valence-corrected chi connectivity index (χ2v) is 5.45. The van der Waals surface area contributed by atoms with Crippen molar-refractivity contribution in [1.29, 1.82) is 0 Å². The molecule has 24 heavy (non-hydrogen) atoms. The first-order valence-electron chi connectivity index (χ1n) is 7.71. The molecular weight excluding hydrogens is 300 g/mol. The lowest BCUT2D eigenvalue weighted by Crippen LogP contribution is -2.21. The topological polar surface area (TPSA) is 35.5 Å². The third-order valence-corrected chi connectivity index (χ3v) is 3.11. The molecule has 0 aliphatic rings. The van der Waals surface area contributed by atoms with E-state index in [1.165, 1.54) is 0 Å². The molecule has 1 unspecified atom stereocenters. The summed E-state index contributed by atoms with van der Waals surface area (Å²) in [5.41, 5.74) is 2.27. The third-order valence-electron chi connectivity index (χ3n) is 3.11. The molecule has 122 valence electrons. The Morgan fingerprint density at radius 1 is 1.04 bits per heavy atom. The fourth-order valence-corrected chi connectivity index (χ4v) is 1.87. The fraction of sp³-hybridized carbons (Fsp3) is 0.190. The number of benzene rings is 2. The van der Waals surface area contributed by atoms with E-state index >= 15 is 0 Å². The van der Waals surface area contributed by atoms with Crippen LogP contribution in [0, 0.1) is 11.8 Å². The van der Waals surface area contributed by atoms with Crippen molar-refractivity contribution in [1.82, 2.24) is 0 Å². The lowest BCUT2D eigenvalue weighted by atomic mass is 10.2. The molecule has 0 radical (unpaired) electrons. The van der Waals surface area contributed by atoms with E-state index in [4.69, 9.17) is 9.47 Å². The molecule has 2 aromatic rings. The van der Waals surface area contributed by atoms with Crippen LogP contribution in [0.25, 0.3) is 0 Å². The van der Waals surface area contributed by atoms with Gasteiger partial charge in [0.2, 0.25) is 0 Å². The molecule has 3 nitrogen and oxygen atoms in total. The molecule has 0 amide bonds. The summed E-state index contributed by atoms with van der Waals surface area (Å²) in [6.07, 6.45) is -0.241. The molecule has 0 saturated carbocycles. The van der Waals surface area contributed by atoms with E-state index in [0.717, 1.165) is 11.1 Å². The van der Waals surface area contributed by atoms with Gasteiger partial charge in [-0.05, 0) is 50.2 Å². The van der Waals surface area contributed by atoms with Crippen LogP contribution in [0.15, 0.2) is 66.7 Å². The monoisotopic (exact) mass is 320 g/mol. The summed E-state index contributed by atoms with van der Waals surface area (Å²) >= 11 is 0. The van der Waals surface area contributed by atoms with E-state index < -0.39 is 5.97 Å². The Labute approximate surface area is 142 Å². The molecule has 0 heterocycles. The average molecular weight is 320 g/mol. The van der Waals surface area contributed by atoms with E-state index in [9.17, 15) is 4.79 Å². The third kappa shape index (κ3) is 5.66. The molecule has 1 atom stereocenters. The summed E-state index contributed by atoms with van der Waals surface area (Å²) in [5.74, 6) is 6.52. The molecular formula is C21H20O3. The van der Waals surface area contributed by atoms with Crippen molar-refractivity contribution in [2.75, 3.05) is 6.61 Å². The number of esters is 1. The normalized spacial score (nSPS) is 10.9. The number of hydrogen-bond donors (Lipinski definition) is 0. The first kappa shape index (κ1) is 17.4. The highest BCUT2D eigenvalue weighted by Crippen LogP contribution is 2.14. The molecule has 0 fully saturated rings. The van der Waals surface area contributed by atoms with Gasteiger partial charge in [-0.15, -0.1) is 0 Å².